The Morgan fingerprint density at radius 3 is 3.25 bits per heavy atom. The van der Waals surface area contributed by atoms with E-state index in [1.807, 2.05) is 0 Å². The van der Waals surface area contributed by atoms with Crippen LogP contribution in [0.15, 0.2) is 23.8 Å². The third kappa shape index (κ3) is 0.525. The summed E-state index contributed by atoms with van der Waals surface area (Å²) in [6, 6.07) is 0. The van der Waals surface area contributed by atoms with E-state index in [2.05, 4.69) is 18.2 Å². The van der Waals surface area contributed by atoms with Gasteiger partial charge in [0.15, 0.2) is 0 Å². The van der Waals surface area contributed by atoms with Crippen molar-refractivity contribution in [1.29, 1.82) is 0 Å². The molecule has 0 aromatic heterocycles. The molecule has 42 valence electrons. The second-order valence-electron chi connectivity index (χ2n) is 2.66. The predicted molar refractivity (Wildman–Crippen MR) is 34.6 cm³/mol. The SMILES string of the molecule is C1=C[C@H]2C=C1CCC2. The number of rotatable bonds is 0. The number of hydrogen-bond donors (Lipinski definition) is 0. The molecule has 2 rings (SSSR count). The normalized spacial score (nSPS) is 33.0. The fourth-order valence-electron chi connectivity index (χ4n) is 1.52. The Morgan fingerprint density at radius 1 is 1.50 bits per heavy atom. The van der Waals surface area contributed by atoms with Crippen LogP contribution >= 0.6 is 0 Å². The highest BCUT2D eigenvalue weighted by Gasteiger charge is 2.13. The monoisotopic (exact) mass is 106 g/mol. The first-order valence-electron chi connectivity index (χ1n) is 3.34. The molecule has 0 aromatic carbocycles. The Labute approximate surface area is 49.9 Å². The van der Waals surface area contributed by atoms with Gasteiger partial charge in [0.2, 0.25) is 0 Å². The Balaban J connectivity index is 2.31. The van der Waals surface area contributed by atoms with Gasteiger partial charge in [0.05, 0.1) is 0 Å². The molecule has 0 radical (unpaired) electrons. The van der Waals surface area contributed by atoms with E-state index in [9.17, 15) is 0 Å². The second kappa shape index (κ2) is 1.48. The molecule has 0 fully saturated rings. The van der Waals surface area contributed by atoms with Crippen molar-refractivity contribution in [1.82, 2.24) is 0 Å². The standard InChI is InChI=1S/C8H10/c1-2-7-4-5-8(3-1)6-7/h4-7H,1-3H2/t7-/m0/s1. The molecule has 0 heteroatoms. The van der Waals surface area contributed by atoms with Gasteiger partial charge in [0, 0.05) is 0 Å². The van der Waals surface area contributed by atoms with E-state index in [-0.39, 0.29) is 0 Å². The van der Waals surface area contributed by atoms with Crippen molar-refractivity contribution < 1.29 is 0 Å². The van der Waals surface area contributed by atoms with E-state index < -0.39 is 0 Å². The summed E-state index contributed by atoms with van der Waals surface area (Å²) in [7, 11) is 0. The first-order valence-corrected chi connectivity index (χ1v) is 3.34. The van der Waals surface area contributed by atoms with Crippen molar-refractivity contribution in [2.75, 3.05) is 0 Å². The average Bonchev–Trinajstić information content (AvgIpc) is 2.12. The van der Waals surface area contributed by atoms with Crippen LogP contribution < -0.4 is 0 Å². The highest BCUT2D eigenvalue weighted by atomic mass is 14.2. The minimum atomic E-state index is 0.818. The lowest BCUT2D eigenvalue weighted by molar-refractivity contribution is 0.637. The zero-order chi connectivity index (χ0) is 5.40. The van der Waals surface area contributed by atoms with Crippen LogP contribution in [0.5, 0.6) is 0 Å². The summed E-state index contributed by atoms with van der Waals surface area (Å²) >= 11 is 0. The Hall–Kier alpha value is -0.520. The van der Waals surface area contributed by atoms with Crippen LogP contribution in [0.4, 0.5) is 0 Å². The quantitative estimate of drug-likeness (QED) is 0.444. The lowest BCUT2D eigenvalue weighted by Gasteiger charge is -2.08. The Kier molecular flexibility index (Phi) is 0.806. The number of hydrogen-bond acceptors (Lipinski definition) is 0. The maximum absolute atomic E-state index is 2.39. The van der Waals surface area contributed by atoms with Crippen molar-refractivity contribution in [3.8, 4) is 0 Å². The summed E-state index contributed by atoms with van der Waals surface area (Å²) in [4.78, 5) is 0. The molecule has 2 bridgehead atoms. The molecule has 0 nitrogen and oxygen atoms in total. The summed E-state index contributed by atoms with van der Waals surface area (Å²) in [5.74, 6) is 0.818. The lowest BCUT2D eigenvalue weighted by Crippen LogP contribution is -1.93. The van der Waals surface area contributed by atoms with Crippen molar-refractivity contribution >= 4 is 0 Å². The van der Waals surface area contributed by atoms with Gasteiger partial charge in [-0.25, -0.2) is 0 Å². The third-order valence-electron chi connectivity index (χ3n) is 1.99. The molecule has 1 atom stereocenters. The molecule has 0 aliphatic heterocycles. The maximum atomic E-state index is 2.39. The minimum Gasteiger partial charge on any atom is -0.0773 e. The molecular formula is C8H10. The van der Waals surface area contributed by atoms with E-state index in [4.69, 9.17) is 0 Å². The fourth-order valence-corrected chi connectivity index (χ4v) is 1.52. The first-order chi connectivity index (χ1) is 3.95. The van der Waals surface area contributed by atoms with Crippen LogP contribution in [0.1, 0.15) is 19.3 Å². The van der Waals surface area contributed by atoms with Gasteiger partial charge in [0.25, 0.3) is 0 Å². The molecule has 0 amide bonds. The van der Waals surface area contributed by atoms with Gasteiger partial charge >= 0.3 is 0 Å². The van der Waals surface area contributed by atoms with Crippen LogP contribution in [0.2, 0.25) is 0 Å². The highest BCUT2D eigenvalue weighted by Crippen LogP contribution is 2.29. The van der Waals surface area contributed by atoms with Gasteiger partial charge in [-0.1, -0.05) is 23.8 Å². The topological polar surface area (TPSA) is 0 Å². The summed E-state index contributed by atoms with van der Waals surface area (Å²) in [5, 5.41) is 0. The molecule has 2 aliphatic carbocycles. The molecule has 0 spiro atoms. The fraction of sp³-hybridized carbons (Fsp3) is 0.500. The van der Waals surface area contributed by atoms with Gasteiger partial charge in [-0.2, -0.15) is 0 Å². The smallest absolute Gasteiger partial charge is 0.00444 e. The average molecular weight is 106 g/mol. The van der Waals surface area contributed by atoms with Crippen LogP contribution in [-0.4, -0.2) is 0 Å². The van der Waals surface area contributed by atoms with Crippen molar-refractivity contribution in [2.24, 2.45) is 5.92 Å². The van der Waals surface area contributed by atoms with E-state index in [1.165, 1.54) is 19.3 Å². The van der Waals surface area contributed by atoms with Gasteiger partial charge in [-0.05, 0) is 25.2 Å². The zero-order valence-electron chi connectivity index (χ0n) is 4.93. The van der Waals surface area contributed by atoms with Crippen molar-refractivity contribution in [3.63, 3.8) is 0 Å². The predicted octanol–water partition coefficient (Wildman–Crippen LogP) is 2.28. The highest BCUT2D eigenvalue weighted by molar-refractivity contribution is 5.30. The molecule has 0 unspecified atom stereocenters. The summed E-state index contributed by atoms with van der Waals surface area (Å²) in [6.07, 6.45) is 11.1. The molecule has 0 aromatic rings. The van der Waals surface area contributed by atoms with E-state index in [0.717, 1.165) is 5.92 Å². The van der Waals surface area contributed by atoms with Gasteiger partial charge < -0.3 is 0 Å². The molecule has 8 heavy (non-hydrogen) atoms. The van der Waals surface area contributed by atoms with Crippen LogP contribution in [0.25, 0.3) is 0 Å². The minimum absolute atomic E-state index is 0.818. The second-order valence-corrected chi connectivity index (χ2v) is 2.66. The summed E-state index contributed by atoms with van der Waals surface area (Å²) in [6.45, 7) is 0. The number of allylic oxidation sites excluding steroid dienone is 4. The molecule has 0 N–H and O–H groups in total. The van der Waals surface area contributed by atoms with Gasteiger partial charge in [0.1, 0.15) is 0 Å². The van der Waals surface area contributed by atoms with Crippen LogP contribution in [0.3, 0.4) is 0 Å². The van der Waals surface area contributed by atoms with E-state index >= 15 is 0 Å². The lowest BCUT2D eigenvalue weighted by atomic mass is 9.97. The molecule has 0 saturated carbocycles. The largest absolute Gasteiger partial charge is 0.0773 e. The van der Waals surface area contributed by atoms with Gasteiger partial charge in [-0.3, -0.25) is 0 Å². The van der Waals surface area contributed by atoms with Crippen LogP contribution in [-0.2, 0) is 0 Å². The van der Waals surface area contributed by atoms with E-state index in [1.54, 1.807) is 5.57 Å². The van der Waals surface area contributed by atoms with E-state index in [0.29, 0.717) is 0 Å². The Bertz CT molecular complexity index is 151. The molecule has 0 saturated heterocycles. The van der Waals surface area contributed by atoms with Gasteiger partial charge in [-0.15, -0.1) is 0 Å². The summed E-state index contributed by atoms with van der Waals surface area (Å²) in [5.41, 5.74) is 1.57. The Morgan fingerprint density at radius 2 is 2.50 bits per heavy atom. The molecule has 0 heterocycles. The maximum Gasteiger partial charge on any atom is -0.00444 e. The zero-order valence-corrected chi connectivity index (χ0v) is 4.93. The summed E-state index contributed by atoms with van der Waals surface area (Å²) < 4.78 is 0. The molecular weight excluding hydrogens is 96.1 g/mol. The van der Waals surface area contributed by atoms with Crippen molar-refractivity contribution in [3.05, 3.63) is 23.8 Å². The third-order valence-corrected chi connectivity index (χ3v) is 1.99. The van der Waals surface area contributed by atoms with Crippen molar-refractivity contribution in [2.45, 2.75) is 19.3 Å². The molecule has 2 aliphatic rings. The number of fused-ring (bicyclic) bond motifs is 1. The van der Waals surface area contributed by atoms with Crippen LogP contribution in [0, 0.1) is 5.92 Å². The first kappa shape index (κ1) is 4.37.